The molecule has 202 valence electrons. The molecular weight excluding hydrogens is 494 g/mol. The lowest BCUT2D eigenvalue weighted by molar-refractivity contribution is -0.133. The molecule has 1 fully saturated rings. The zero-order valence-corrected chi connectivity index (χ0v) is 21.7. The topological polar surface area (TPSA) is 89.1 Å². The molecule has 2 atom stereocenters. The van der Waals surface area contributed by atoms with Crippen LogP contribution >= 0.6 is 0 Å². The second kappa shape index (κ2) is 9.90. The molecule has 10 heteroatoms. The molecule has 0 aliphatic carbocycles. The number of benzene rings is 2. The Balaban J connectivity index is 1.59. The monoisotopic (exact) mass is 526 g/mol. The Morgan fingerprint density at radius 2 is 1.95 bits per heavy atom. The van der Waals surface area contributed by atoms with Gasteiger partial charge >= 0.3 is 12.6 Å². The van der Waals surface area contributed by atoms with E-state index in [2.05, 4.69) is 28.5 Å². The number of aromatic hydroxyl groups is 1. The summed E-state index contributed by atoms with van der Waals surface area (Å²) in [6.07, 6.45) is 0.870. The van der Waals surface area contributed by atoms with Gasteiger partial charge in [-0.05, 0) is 74.4 Å². The first-order valence-corrected chi connectivity index (χ1v) is 12.9. The van der Waals surface area contributed by atoms with E-state index in [4.69, 9.17) is 0 Å². The quantitative estimate of drug-likeness (QED) is 0.388. The van der Waals surface area contributed by atoms with Gasteiger partial charge in [-0.3, -0.25) is 14.6 Å². The van der Waals surface area contributed by atoms with Crippen molar-refractivity contribution in [3.8, 4) is 11.5 Å². The van der Waals surface area contributed by atoms with E-state index in [1.807, 2.05) is 0 Å². The molecular formula is C28H32F2N4O4. The van der Waals surface area contributed by atoms with Gasteiger partial charge in [0, 0.05) is 29.6 Å². The molecule has 0 bridgehead atoms. The van der Waals surface area contributed by atoms with Crippen LogP contribution in [-0.2, 0) is 11.2 Å². The largest absolute Gasteiger partial charge is 0.508 e. The number of halogens is 2. The number of urea groups is 1. The number of carbonyl (C=O) groups excluding carboxylic acids is 2. The second-order valence-corrected chi connectivity index (χ2v) is 10.0. The number of nitrogens with zero attached hydrogens (tertiary/aromatic N) is 3. The van der Waals surface area contributed by atoms with Gasteiger partial charge in [0.2, 0.25) is 0 Å². The number of aromatic nitrogens is 1. The maximum absolute atomic E-state index is 13.9. The SMILES string of the molecule is CCN(CC)CCCN1C(=O)N2[C@H](c3cccc(O)c3)c3[nH]c4ccc(OC(F)F)cc4c3CC2(C)C1=O. The molecule has 3 heterocycles. The molecule has 8 nitrogen and oxygen atoms in total. The lowest BCUT2D eigenvalue weighted by Gasteiger charge is -2.42. The lowest BCUT2D eigenvalue weighted by atomic mass is 9.81. The molecule has 38 heavy (non-hydrogen) atoms. The zero-order chi connectivity index (χ0) is 27.2. The van der Waals surface area contributed by atoms with Gasteiger partial charge in [0.1, 0.15) is 23.1 Å². The molecule has 0 radical (unpaired) electrons. The summed E-state index contributed by atoms with van der Waals surface area (Å²) in [6.45, 7) is 5.80. The fourth-order valence-corrected chi connectivity index (χ4v) is 5.90. The van der Waals surface area contributed by atoms with E-state index in [0.29, 0.717) is 35.1 Å². The van der Waals surface area contributed by atoms with Gasteiger partial charge in [0.05, 0.1) is 0 Å². The Labute approximate surface area is 219 Å². The number of phenolic OH excluding ortho intramolecular Hbond substituents is 1. The highest BCUT2D eigenvalue weighted by Crippen LogP contribution is 2.49. The number of nitrogens with one attached hydrogen (secondary N) is 1. The number of imide groups is 1. The minimum absolute atomic E-state index is 0.0163. The van der Waals surface area contributed by atoms with Crippen molar-refractivity contribution < 1.29 is 28.2 Å². The van der Waals surface area contributed by atoms with Gasteiger partial charge in [-0.1, -0.05) is 26.0 Å². The van der Waals surface area contributed by atoms with Gasteiger partial charge in [-0.2, -0.15) is 8.78 Å². The third-order valence-electron chi connectivity index (χ3n) is 7.80. The summed E-state index contributed by atoms with van der Waals surface area (Å²) in [6, 6.07) is 10.2. The normalized spacial score (nSPS) is 21.1. The first-order chi connectivity index (χ1) is 18.2. The van der Waals surface area contributed by atoms with Crippen LogP contribution in [0.3, 0.4) is 0 Å². The van der Waals surface area contributed by atoms with Crippen LogP contribution in [0.4, 0.5) is 13.6 Å². The summed E-state index contributed by atoms with van der Waals surface area (Å²) >= 11 is 0. The highest BCUT2D eigenvalue weighted by Gasteiger charge is 2.60. The summed E-state index contributed by atoms with van der Waals surface area (Å²) in [5, 5.41) is 10.9. The van der Waals surface area contributed by atoms with Crippen molar-refractivity contribution in [3.05, 3.63) is 59.3 Å². The average molecular weight is 527 g/mol. The van der Waals surface area contributed by atoms with Crippen LogP contribution in [0.2, 0.25) is 0 Å². The zero-order valence-electron chi connectivity index (χ0n) is 21.7. The third-order valence-corrected chi connectivity index (χ3v) is 7.80. The Kier molecular flexibility index (Phi) is 6.77. The number of phenols is 1. The molecule has 5 rings (SSSR count). The fourth-order valence-electron chi connectivity index (χ4n) is 5.90. The Morgan fingerprint density at radius 1 is 1.18 bits per heavy atom. The van der Waals surface area contributed by atoms with Crippen LogP contribution < -0.4 is 4.74 Å². The van der Waals surface area contributed by atoms with Crippen molar-refractivity contribution in [3.63, 3.8) is 0 Å². The molecule has 3 aromatic rings. The Morgan fingerprint density at radius 3 is 2.63 bits per heavy atom. The minimum Gasteiger partial charge on any atom is -0.508 e. The van der Waals surface area contributed by atoms with E-state index in [0.717, 1.165) is 25.2 Å². The highest BCUT2D eigenvalue weighted by atomic mass is 19.3. The van der Waals surface area contributed by atoms with Crippen LogP contribution in [0.1, 0.15) is 50.1 Å². The minimum atomic E-state index is -2.96. The number of hydrogen-bond donors (Lipinski definition) is 2. The number of amides is 3. The van der Waals surface area contributed by atoms with Crippen LogP contribution in [0.15, 0.2) is 42.5 Å². The number of carbonyl (C=O) groups is 2. The van der Waals surface area contributed by atoms with Gasteiger partial charge in [0.15, 0.2) is 0 Å². The maximum Gasteiger partial charge on any atom is 0.387 e. The van der Waals surface area contributed by atoms with E-state index in [9.17, 15) is 23.5 Å². The predicted octanol–water partition coefficient (Wildman–Crippen LogP) is 4.88. The van der Waals surface area contributed by atoms with E-state index in [1.54, 1.807) is 48.2 Å². The molecule has 0 saturated carbocycles. The smallest absolute Gasteiger partial charge is 0.387 e. The van der Waals surface area contributed by atoms with Crippen LogP contribution in [-0.4, -0.2) is 75.1 Å². The van der Waals surface area contributed by atoms with Crippen LogP contribution in [0.5, 0.6) is 11.5 Å². The molecule has 0 spiro atoms. The standard InChI is InChI=1S/C28H32F2N4O4/c1-4-32(5-2)12-7-13-33-25(36)28(3)16-21-20-15-19(38-26(29)30)10-11-22(20)31-23(21)24(34(28)27(33)37)17-8-6-9-18(35)14-17/h6,8-11,14-15,24,26,31,35H,4-5,7,12-13,16H2,1-3H3/t24-,28?/m1/s1. The molecule has 2 aliphatic rings. The molecule has 1 aromatic heterocycles. The third kappa shape index (κ3) is 4.26. The molecule has 2 aliphatic heterocycles. The number of aromatic amines is 1. The number of fused-ring (bicyclic) bond motifs is 4. The van der Waals surface area contributed by atoms with Crippen LogP contribution in [0, 0.1) is 0 Å². The van der Waals surface area contributed by atoms with Crippen molar-refractivity contribution in [1.29, 1.82) is 0 Å². The highest BCUT2D eigenvalue weighted by molar-refractivity contribution is 6.08. The fraction of sp³-hybridized carbons (Fsp3) is 0.429. The average Bonchev–Trinajstić information content (AvgIpc) is 3.32. The molecule has 3 amide bonds. The summed E-state index contributed by atoms with van der Waals surface area (Å²) in [4.78, 5) is 36.3. The van der Waals surface area contributed by atoms with E-state index in [-0.39, 0.29) is 29.9 Å². The molecule has 1 unspecified atom stereocenters. The maximum atomic E-state index is 13.9. The number of rotatable bonds is 9. The number of ether oxygens (including phenoxy) is 1. The first kappa shape index (κ1) is 26.0. The summed E-state index contributed by atoms with van der Waals surface area (Å²) in [7, 11) is 0. The van der Waals surface area contributed by atoms with Crippen molar-refractivity contribution in [2.24, 2.45) is 0 Å². The van der Waals surface area contributed by atoms with Crippen molar-refractivity contribution in [1.82, 2.24) is 19.7 Å². The van der Waals surface area contributed by atoms with E-state index in [1.165, 1.54) is 11.0 Å². The van der Waals surface area contributed by atoms with E-state index < -0.39 is 18.2 Å². The Hall–Kier alpha value is -3.66. The van der Waals surface area contributed by atoms with E-state index >= 15 is 0 Å². The van der Waals surface area contributed by atoms with Gasteiger partial charge < -0.3 is 19.7 Å². The lowest BCUT2D eigenvalue weighted by Crippen LogP contribution is -2.53. The molecule has 2 N–H and O–H groups in total. The predicted molar refractivity (Wildman–Crippen MR) is 138 cm³/mol. The Bertz CT molecular complexity index is 1370. The van der Waals surface area contributed by atoms with Gasteiger partial charge in [0.25, 0.3) is 5.91 Å². The van der Waals surface area contributed by atoms with Crippen LogP contribution in [0.25, 0.3) is 10.9 Å². The van der Waals surface area contributed by atoms with Gasteiger partial charge in [-0.25, -0.2) is 4.79 Å². The van der Waals surface area contributed by atoms with Crippen molar-refractivity contribution in [2.45, 2.75) is 51.8 Å². The second-order valence-electron chi connectivity index (χ2n) is 10.0. The van der Waals surface area contributed by atoms with Gasteiger partial charge in [-0.15, -0.1) is 0 Å². The summed E-state index contributed by atoms with van der Waals surface area (Å²) in [5.41, 5.74) is 1.58. The summed E-state index contributed by atoms with van der Waals surface area (Å²) < 4.78 is 30.5. The number of hydrogen-bond acceptors (Lipinski definition) is 5. The molecule has 1 saturated heterocycles. The van der Waals surface area contributed by atoms with Crippen molar-refractivity contribution in [2.75, 3.05) is 26.2 Å². The number of H-pyrrole nitrogens is 1. The summed E-state index contributed by atoms with van der Waals surface area (Å²) in [5.74, 6) is -0.232. The first-order valence-electron chi connectivity index (χ1n) is 12.9. The number of alkyl halides is 2. The molecule has 2 aromatic carbocycles. The van der Waals surface area contributed by atoms with Crippen molar-refractivity contribution >= 4 is 22.8 Å².